The molecule has 0 aliphatic carbocycles. The van der Waals surface area contributed by atoms with E-state index in [0.717, 1.165) is 0 Å². The predicted octanol–water partition coefficient (Wildman–Crippen LogP) is -0.0900. The molecule has 0 rings (SSSR count). The molecule has 0 bridgehead atoms. The van der Waals surface area contributed by atoms with E-state index in [1.165, 1.54) is 13.8 Å². The fourth-order valence-corrected chi connectivity index (χ4v) is 1.13. The highest BCUT2D eigenvalue weighted by Crippen LogP contribution is 2.20. The van der Waals surface area contributed by atoms with Crippen molar-refractivity contribution in [2.24, 2.45) is 0 Å². The van der Waals surface area contributed by atoms with Gasteiger partial charge in [-0.05, 0) is 26.7 Å². The summed E-state index contributed by atoms with van der Waals surface area (Å²) in [5.41, 5.74) is 0. The summed E-state index contributed by atoms with van der Waals surface area (Å²) in [6.45, 7) is 6.49. The van der Waals surface area contributed by atoms with Crippen LogP contribution < -0.4 is 0 Å². The van der Waals surface area contributed by atoms with E-state index in [-0.39, 0.29) is 13.2 Å². The first kappa shape index (κ1) is 18.7. The zero-order chi connectivity index (χ0) is 15.1. The van der Waals surface area contributed by atoms with Crippen LogP contribution in [-0.2, 0) is 14.2 Å². The minimum atomic E-state index is -1.99. The molecular formula is C12H26O7. The summed E-state index contributed by atoms with van der Waals surface area (Å²) < 4.78 is 14.7. The number of rotatable bonds is 10. The summed E-state index contributed by atoms with van der Waals surface area (Å²) in [6.07, 6.45) is -2.37. The summed E-state index contributed by atoms with van der Waals surface area (Å²) >= 11 is 0. The molecule has 19 heavy (non-hydrogen) atoms. The first-order chi connectivity index (χ1) is 8.67. The lowest BCUT2D eigenvalue weighted by Crippen LogP contribution is -2.51. The van der Waals surface area contributed by atoms with Gasteiger partial charge in [0.2, 0.25) is 24.2 Å². The number of hydrogen-bond acceptors (Lipinski definition) is 7. The van der Waals surface area contributed by atoms with Crippen molar-refractivity contribution >= 4 is 0 Å². The molecule has 4 unspecified atom stereocenters. The fourth-order valence-electron chi connectivity index (χ4n) is 1.13. The number of aliphatic hydroxyl groups excluding tert-OH is 2. The molecule has 0 aromatic carbocycles. The number of aliphatic hydroxyl groups is 4. The molecule has 0 radical (unpaired) electrons. The minimum Gasteiger partial charge on any atom is -0.364 e. The van der Waals surface area contributed by atoms with Crippen molar-refractivity contribution in [2.75, 3.05) is 13.2 Å². The summed E-state index contributed by atoms with van der Waals surface area (Å²) in [5.74, 6) is -3.98. The van der Waals surface area contributed by atoms with Gasteiger partial charge in [-0.25, -0.2) is 0 Å². The molecule has 0 saturated heterocycles. The van der Waals surface area contributed by atoms with E-state index < -0.39 is 24.2 Å². The third-order valence-corrected chi connectivity index (χ3v) is 2.37. The maximum atomic E-state index is 9.77. The molecule has 0 heterocycles. The Morgan fingerprint density at radius 3 is 1.42 bits per heavy atom. The van der Waals surface area contributed by atoms with Gasteiger partial charge in [0.05, 0.1) is 0 Å². The van der Waals surface area contributed by atoms with Crippen LogP contribution in [-0.4, -0.2) is 57.8 Å². The van der Waals surface area contributed by atoms with E-state index in [9.17, 15) is 20.4 Å². The lowest BCUT2D eigenvalue weighted by Gasteiger charge is -2.34. The Morgan fingerprint density at radius 1 is 0.842 bits per heavy atom. The average Bonchev–Trinajstić information content (AvgIpc) is 2.33. The second kappa shape index (κ2) is 8.11. The molecule has 7 heteroatoms. The first-order valence-corrected chi connectivity index (χ1v) is 6.41. The zero-order valence-electron chi connectivity index (χ0n) is 12.0. The number of hydrogen-bond donors (Lipinski definition) is 4. The molecule has 0 aromatic rings. The molecule has 4 N–H and O–H groups in total. The largest absolute Gasteiger partial charge is 0.364 e. The molecule has 0 fully saturated rings. The second-order valence-corrected chi connectivity index (χ2v) is 4.65. The molecule has 116 valence electrons. The van der Waals surface area contributed by atoms with Gasteiger partial charge in [-0.1, -0.05) is 13.8 Å². The van der Waals surface area contributed by atoms with E-state index in [1.54, 1.807) is 0 Å². The van der Waals surface area contributed by atoms with Crippen molar-refractivity contribution in [3.05, 3.63) is 0 Å². The fraction of sp³-hybridized carbons (Fsp3) is 1.00. The smallest absolute Gasteiger partial charge is 0.215 e. The van der Waals surface area contributed by atoms with Crippen LogP contribution >= 0.6 is 0 Å². The van der Waals surface area contributed by atoms with Crippen LogP contribution in [0.2, 0.25) is 0 Å². The van der Waals surface area contributed by atoms with Crippen molar-refractivity contribution < 1.29 is 34.6 Å². The van der Waals surface area contributed by atoms with Gasteiger partial charge >= 0.3 is 0 Å². The number of ether oxygens (including phenoxy) is 3. The monoisotopic (exact) mass is 282 g/mol. The standard InChI is InChI=1S/C12H26O7/c1-5-7-17-11(3,15)9(13)19-10(14)12(4,16)18-8-6-2/h9-10,13-16H,5-8H2,1-4H3. The molecule has 0 aliphatic heterocycles. The SMILES string of the molecule is CCCOC(C)(O)C(O)OC(O)C(C)(O)OCCC. The summed E-state index contributed by atoms with van der Waals surface area (Å²) in [4.78, 5) is 0. The lowest BCUT2D eigenvalue weighted by atomic mass is 10.3. The predicted molar refractivity (Wildman–Crippen MR) is 66.8 cm³/mol. The third-order valence-electron chi connectivity index (χ3n) is 2.37. The highest BCUT2D eigenvalue weighted by atomic mass is 16.8. The molecular weight excluding hydrogens is 256 g/mol. The van der Waals surface area contributed by atoms with E-state index in [4.69, 9.17) is 14.2 Å². The Balaban J connectivity index is 4.40. The van der Waals surface area contributed by atoms with Gasteiger partial charge < -0.3 is 34.6 Å². The van der Waals surface area contributed by atoms with Crippen molar-refractivity contribution in [3.63, 3.8) is 0 Å². The third kappa shape index (κ3) is 6.62. The van der Waals surface area contributed by atoms with E-state index in [1.807, 2.05) is 13.8 Å². The van der Waals surface area contributed by atoms with Crippen molar-refractivity contribution in [1.29, 1.82) is 0 Å². The molecule has 0 spiro atoms. The maximum absolute atomic E-state index is 9.77. The highest BCUT2D eigenvalue weighted by molar-refractivity contribution is 4.69. The van der Waals surface area contributed by atoms with Crippen molar-refractivity contribution in [1.82, 2.24) is 0 Å². The maximum Gasteiger partial charge on any atom is 0.215 e. The molecule has 7 nitrogen and oxygen atoms in total. The van der Waals surface area contributed by atoms with Gasteiger partial charge in [-0.2, -0.15) is 0 Å². The lowest BCUT2D eigenvalue weighted by molar-refractivity contribution is -0.391. The van der Waals surface area contributed by atoms with Gasteiger partial charge in [0.15, 0.2) is 0 Å². The van der Waals surface area contributed by atoms with E-state index >= 15 is 0 Å². The Hall–Kier alpha value is -0.280. The van der Waals surface area contributed by atoms with Crippen LogP contribution in [0.4, 0.5) is 0 Å². The molecule has 0 aliphatic rings. The van der Waals surface area contributed by atoms with Crippen LogP contribution in [0.3, 0.4) is 0 Å². The van der Waals surface area contributed by atoms with Gasteiger partial charge in [0.25, 0.3) is 0 Å². The Bertz CT molecular complexity index is 218. The van der Waals surface area contributed by atoms with Crippen LogP contribution in [0.5, 0.6) is 0 Å². The topological polar surface area (TPSA) is 109 Å². The summed E-state index contributed by atoms with van der Waals surface area (Å²) in [6, 6.07) is 0. The van der Waals surface area contributed by atoms with Crippen molar-refractivity contribution in [2.45, 2.75) is 64.7 Å². The van der Waals surface area contributed by atoms with Crippen LogP contribution in [0.15, 0.2) is 0 Å². The molecule has 4 atom stereocenters. The first-order valence-electron chi connectivity index (χ1n) is 6.41. The van der Waals surface area contributed by atoms with Crippen LogP contribution in [0, 0.1) is 0 Å². The Morgan fingerprint density at radius 2 is 1.16 bits per heavy atom. The molecule has 0 amide bonds. The Labute approximate surface area is 113 Å². The van der Waals surface area contributed by atoms with E-state index in [0.29, 0.717) is 12.8 Å². The van der Waals surface area contributed by atoms with Gasteiger partial charge in [-0.15, -0.1) is 0 Å². The van der Waals surface area contributed by atoms with Gasteiger partial charge in [0.1, 0.15) is 0 Å². The highest BCUT2D eigenvalue weighted by Gasteiger charge is 2.40. The zero-order valence-corrected chi connectivity index (χ0v) is 12.0. The van der Waals surface area contributed by atoms with Crippen LogP contribution in [0.1, 0.15) is 40.5 Å². The minimum absolute atomic E-state index is 0.215. The van der Waals surface area contributed by atoms with Crippen LogP contribution in [0.25, 0.3) is 0 Å². The quantitative estimate of drug-likeness (QED) is 0.415. The Kier molecular flexibility index (Phi) is 7.99. The normalized spacial score (nSPS) is 21.5. The summed E-state index contributed by atoms with van der Waals surface area (Å²) in [5, 5.41) is 38.8. The molecule has 0 aromatic heterocycles. The average molecular weight is 282 g/mol. The summed E-state index contributed by atoms with van der Waals surface area (Å²) in [7, 11) is 0. The molecule has 0 saturated carbocycles. The van der Waals surface area contributed by atoms with Gasteiger partial charge in [-0.3, -0.25) is 0 Å². The van der Waals surface area contributed by atoms with E-state index in [2.05, 4.69) is 0 Å². The van der Waals surface area contributed by atoms with Crippen molar-refractivity contribution in [3.8, 4) is 0 Å². The second-order valence-electron chi connectivity index (χ2n) is 4.65. The van der Waals surface area contributed by atoms with Gasteiger partial charge in [0, 0.05) is 13.2 Å².